The van der Waals surface area contributed by atoms with Gasteiger partial charge in [-0.15, -0.1) is 35.9 Å². The molecule has 0 saturated carbocycles. The standard InChI is InChI=1S/C30H22N3.Ir/c1-22-17-28(21-32-29(22)24-11-6-3-7-12-24)30-25(15-14-23-9-4-2-5-10-23)18-27(20-33-30)26-13-8-16-31-19-26;/h2-11,13-21H,1H3;/q-1;/b15-14+;. The molecule has 2 aromatic carbocycles. The maximum atomic E-state index is 4.85. The molecule has 3 nitrogen and oxygen atoms in total. The zero-order chi connectivity index (χ0) is 22.5. The van der Waals surface area contributed by atoms with Crippen molar-refractivity contribution in [1.29, 1.82) is 0 Å². The van der Waals surface area contributed by atoms with Gasteiger partial charge in [0.1, 0.15) is 0 Å². The van der Waals surface area contributed by atoms with Crippen LogP contribution in [0.2, 0.25) is 0 Å². The van der Waals surface area contributed by atoms with Crippen LogP contribution in [0.4, 0.5) is 0 Å². The van der Waals surface area contributed by atoms with Gasteiger partial charge < -0.3 is 4.98 Å². The predicted molar refractivity (Wildman–Crippen MR) is 135 cm³/mol. The Morgan fingerprint density at radius 3 is 2.24 bits per heavy atom. The Balaban J connectivity index is 0.00000274. The number of aromatic nitrogens is 3. The number of hydrogen-bond acceptors (Lipinski definition) is 3. The van der Waals surface area contributed by atoms with Crippen molar-refractivity contribution in [3.05, 3.63) is 126 Å². The van der Waals surface area contributed by atoms with E-state index in [9.17, 15) is 0 Å². The molecule has 1 radical (unpaired) electrons. The van der Waals surface area contributed by atoms with E-state index >= 15 is 0 Å². The average Bonchev–Trinajstić information content (AvgIpc) is 2.89. The number of aryl methyl sites for hydroxylation is 1. The molecule has 0 fully saturated rings. The van der Waals surface area contributed by atoms with Gasteiger partial charge >= 0.3 is 0 Å². The van der Waals surface area contributed by atoms with Crippen LogP contribution in [0.15, 0.2) is 104 Å². The molecule has 5 aromatic rings. The van der Waals surface area contributed by atoms with E-state index in [1.165, 1.54) is 0 Å². The summed E-state index contributed by atoms with van der Waals surface area (Å²) in [4.78, 5) is 13.9. The second kappa shape index (κ2) is 10.9. The third-order valence-electron chi connectivity index (χ3n) is 5.48. The van der Waals surface area contributed by atoms with Crippen LogP contribution in [-0.4, -0.2) is 15.0 Å². The second-order valence-electron chi connectivity index (χ2n) is 7.81. The van der Waals surface area contributed by atoms with Gasteiger partial charge in [-0.05, 0) is 30.3 Å². The van der Waals surface area contributed by atoms with E-state index in [0.29, 0.717) is 0 Å². The fraction of sp³-hybridized carbons (Fsp3) is 0.0333. The number of hydrogen-bond donors (Lipinski definition) is 0. The summed E-state index contributed by atoms with van der Waals surface area (Å²) in [6.07, 6.45) is 11.7. The summed E-state index contributed by atoms with van der Waals surface area (Å²) in [5, 5.41) is 0. The van der Waals surface area contributed by atoms with E-state index < -0.39 is 0 Å². The van der Waals surface area contributed by atoms with Crippen LogP contribution in [0, 0.1) is 13.0 Å². The van der Waals surface area contributed by atoms with Crippen LogP contribution in [0.5, 0.6) is 0 Å². The molecular formula is C30H22IrN3-. The summed E-state index contributed by atoms with van der Waals surface area (Å²) in [6.45, 7) is 2.08. The third kappa shape index (κ3) is 5.26. The molecular weight excluding hydrogens is 595 g/mol. The quantitative estimate of drug-likeness (QED) is 0.197. The minimum Gasteiger partial charge on any atom is -0.304 e. The van der Waals surface area contributed by atoms with E-state index in [2.05, 4.69) is 54.4 Å². The maximum absolute atomic E-state index is 4.85. The van der Waals surface area contributed by atoms with Crippen LogP contribution in [0.25, 0.3) is 45.8 Å². The minimum absolute atomic E-state index is 0. The number of nitrogens with zero attached hydrogens (tertiary/aromatic N) is 3. The van der Waals surface area contributed by atoms with Gasteiger partial charge in [0.05, 0.1) is 5.69 Å². The maximum Gasteiger partial charge on any atom is 0.0789 e. The monoisotopic (exact) mass is 617 g/mol. The number of rotatable bonds is 5. The van der Waals surface area contributed by atoms with Crippen molar-refractivity contribution in [3.63, 3.8) is 0 Å². The Hall–Kier alpha value is -3.72. The van der Waals surface area contributed by atoms with Crippen molar-refractivity contribution in [2.24, 2.45) is 0 Å². The molecule has 0 atom stereocenters. The minimum atomic E-state index is 0. The summed E-state index contributed by atoms with van der Waals surface area (Å²) in [6, 6.07) is 29.8. The Morgan fingerprint density at radius 2 is 1.50 bits per heavy atom. The molecule has 0 aliphatic rings. The zero-order valence-corrected chi connectivity index (χ0v) is 21.0. The normalized spacial score (nSPS) is 10.7. The van der Waals surface area contributed by atoms with Crippen LogP contribution in [-0.2, 0) is 20.1 Å². The van der Waals surface area contributed by atoms with E-state index in [4.69, 9.17) is 9.97 Å². The summed E-state index contributed by atoms with van der Waals surface area (Å²) in [7, 11) is 0. The fourth-order valence-electron chi connectivity index (χ4n) is 3.82. The topological polar surface area (TPSA) is 38.7 Å². The molecule has 0 aliphatic carbocycles. The zero-order valence-electron chi connectivity index (χ0n) is 18.6. The molecule has 0 amide bonds. The molecule has 0 spiro atoms. The van der Waals surface area contributed by atoms with Crippen LogP contribution in [0.1, 0.15) is 16.7 Å². The average molecular weight is 617 g/mol. The van der Waals surface area contributed by atoms with E-state index in [1.807, 2.05) is 73.2 Å². The molecule has 0 N–H and O–H groups in total. The summed E-state index contributed by atoms with van der Waals surface area (Å²) >= 11 is 0. The Bertz CT molecular complexity index is 1400. The Labute approximate surface area is 213 Å². The smallest absolute Gasteiger partial charge is 0.0789 e. The van der Waals surface area contributed by atoms with Gasteiger partial charge in [0.2, 0.25) is 0 Å². The molecule has 5 rings (SSSR count). The van der Waals surface area contributed by atoms with Gasteiger partial charge in [-0.2, -0.15) is 0 Å². The first kappa shape index (κ1) is 23.4. The molecule has 0 bridgehead atoms. The Kier molecular flexibility index (Phi) is 7.54. The van der Waals surface area contributed by atoms with Crippen molar-refractivity contribution in [1.82, 2.24) is 15.0 Å². The number of benzene rings is 2. The summed E-state index contributed by atoms with van der Waals surface area (Å²) in [5.41, 5.74) is 9.13. The molecule has 34 heavy (non-hydrogen) atoms. The van der Waals surface area contributed by atoms with E-state index in [0.717, 1.165) is 50.3 Å². The van der Waals surface area contributed by atoms with Gasteiger partial charge in [0.25, 0.3) is 0 Å². The van der Waals surface area contributed by atoms with Gasteiger partial charge in [-0.25, -0.2) is 0 Å². The van der Waals surface area contributed by atoms with Gasteiger partial charge in [0.15, 0.2) is 0 Å². The number of pyridine rings is 3. The van der Waals surface area contributed by atoms with Gasteiger partial charge in [-0.3, -0.25) is 9.97 Å². The molecule has 167 valence electrons. The van der Waals surface area contributed by atoms with E-state index in [1.54, 1.807) is 6.20 Å². The summed E-state index contributed by atoms with van der Waals surface area (Å²) < 4.78 is 0. The van der Waals surface area contributed by atoms with Crippen molar-refractivity contribution in [2.45, 2.75) is 6.92 Å². The molecule has 4 heteroatoms. The predicted octanol–water partition coefficient (Wildman–Crippen LogP) is 7.15. The molecule has 3 aromatic heterocycles. The first-order chi connectivity index (χ1) is 16.3. The second-order valence-corrected chi connectivity index (χ2v) is 7.81. The summed E-state index contributed by atoms with van der Waals surface area (Å²) in [5.74, 6) is 0. The molecule has 0 saturated heterocycles. The molecule has 0 aliphatic heterocycles. The van der Waals surface area contributed by atoms with Crippen molar-refractivity contribution < 1.29 is 20.1 Å². The molecule has 0 unspecified atom stereocenters. The third-order valence-corrected chi connectivity index (χ3v) is 5.48. The first-order valence-electron chi connectivity index (χ1n) is 10.9. The van der Waals surface area contributed by atoms with E-state index in [-0.39, 0.29) is 20.1 Å². The SMILES string of the molecule is Cc1cc(-c2ncc(-c3cccnc3)cc2/C=C/c2ccccc2)cnc1-c1[c-]cccc1.[Ir]. The van der Waals surface area contributed by atoms with Crippen molar-refractivity contribution in [3.8, 4) is 33.6 Å². The van der Waals surface area contributed by atoms with Crippen LogP contribution >= 0.6 is 0 Å². The van der Waals surface area contributed by atoms with Crippen molar-refractivity contribution >= 4 is 12.2 Å². The Morgan fingerprint density at radius 1 is 0.706 bits per heavy atom. The van der Waals surface area contributed by atoms with Gasteiger partial charge in [-0.1, -0.05) is 60.2 Å². The fourth-order valence-corrected chi connectivity index (χ4v) is 3.82. The largest absolute Gasteiger partial charge is 0.304 e. The van der Waals surface area contributed by atoms with Crippen LogP contribution in [0.3, 0.4) is 0 Å². The molecule has 3 heterocycles. The first-order valence-corrected chi connectivity index (χ1v) is 10.9. The van der Waals surface area contributed by atoms with Gasteiger partial charge in [0, 0.05) is 67.1 Å². The van der Waals surface area contributed by atoms with Crippen LogP contribution < -0.4 is 0 Å². The van der Waals surface area contributed by atoms with Crippen molar-refractivity contribution in [2.75, 3.05) is 0 Å².